The summed E-state index contributed by atoms with van der Waals surface area (Å²) in [6.07, 6.45) is 1.68. The lowest BCUT2D eigenvalue weighted by Gasteiger charge is -2.33. The van der Waals surface area contributed by atoms with Gasteiger partial charge in [-0.2, -0.15) is 5.10 Å². The molecule has 3 aliphatic rings. The molecular weight excluding hydrogens is 452 g/mol. The topological polar surface area (TPSA) is 82.1 Å². The minimum absolute atomic E-state index is 0.339. The molecule has 0 radical (unpaired) electrons. The molecule has 2 fully saturated rings. The number of hydrogen-bond acceptors (Lipinski definition) is 5. The van der Waals surface area contributed by atoms with Crippen LogP contribution in [-0.2, 0) is 14.4 Å². The Morgan fingerprint density at radius 2 is 1.53 bits per heavy atom. The van der Waals surface area contributed by atoms with Gasteiger partial charge in [-0.25, -0.2) is 4.90 Å². The van der Waals surface area contributed by atoms with Crippen molar-refractivity contribution in [3.05, 3.63) is 95.0 Å². The lowest BCUT2D eigenvalue weighted by molar-refractivity contribution is -0.129. The fourth-order valence-corrected chi connectivity index (χ4v) is 5.38. The van der Waals surface area contributed by atoms with E-state index in [1.54, 1.807) is 47.6 Å². The molecule has 1 N–H and O–H groups in total. The molecule has 3 aromatic carbocycles. The molecule has 3 heterocycles. The number of benzene rings is 3. The lowest BCUT2D eigenvalue weighted by Crippen LogP contribution is -2.46. The first-order chi connectivity index (χ1) is 16.5. The van der Waals surface area contributed by atoms with Gasteiger partial charge in [0.1, 0.15) is 6.04 Å². The predicted octanol–water partition coefficient (Wildman–Crippen LogP) is 3.86. The molecule has 6 rings (SSSR count). The number of halogens is 1. The number of hydrazone groups is 1. The molecule has 3 amide bonds. The Labute approximate surface area is 200 Å². The summed E-state index contributed by atoms with van der Waals surface area (Å²) in [5.74, 6) is -2.74. The molecule has 168 valence electrons. The molecule has 7 nitrogen and oxygen atoms in total. The number of rotatable bonds is 3. The van der Waals surface area contributed by atoms with Crippen LogP contribution in [0.5, 0.6) is 0 Å². The first-order valence-electron chi connectivity index (χ1n) is 10.9. The number of hydrogen-bond donors (Lipinski definition) is 1. The standard InChI is InChI=1S/C26H19ClN4O3/c27-16-10-12-18(13-11-16)30-25(33)20-21(26(30)34)23(24(32)29-17-7-2-1-3-8-17)31-22(20)19-9-5-4-6-15(19)14-28-31/h1-14,20-23H,(H,29,32). The van der Waals surface area contributed by atoms with Crippen molar-refractivity contribution in [2.24, 2.45) is 16.9 Å². The highest BCUT2D eigenvalue weighted by Crippen LogP contribution is 2.52. The molecule has 4 unspecified atom stereocenters. The van der Waals surface area contributed by atoms with E-state index in [9.17, 15) is 14.4 Å². The number of fused-ring (bicyclic) bond motifs is 5. The summed E-state index contributed by atoms with van der Waals surface area (Å²) in [4.78, 5) is 42.2. The third-order valence-corrected chi connectivity index (χ3v) is 6.94. The number of amides is 3. The van der Waals surface area contributed by atoms with E-state index in [1.807, 2.05) is 42.5 Å². The Morgan fingerprint density at radius 3 is 2.29 bits per heavy atom. The molecule has 34 heavy (non-hydrogen) atoms. The van der Waals surface area contributed by atoms with Crippen LogP contribution in [0.15, 0.2) is 84.0 Å². The molecule has 0 aliphatic carbocycles. The molecule has 3 aliphatic heterocycles. The van der Waals surface area contributed by atoms with Crippen LogP contribution in [-0.4, -0.2) is 35.0 Å². The van der Waals surface area contributed by atoms with E-state index in [2.05, 4.69) is 10.4 Å². The summed E-state index contributed by atoms with van der Waals surface area (Å²) in [7, 11) is 0. The Kier molecular flexibility index (Phi) is 4.74. The van der Waals surface area contributed by atoms with E-state index >= 15 is 0 Å². The van der Waals surface area contributed by atoms with Crippen molar-refractivity contribution in [2.75, 3.05) is 10.2 Å². The van der Waals surface area contributed by atoms with Gasteiger partial charge in [0.25, 0.3) is 0 Å². The molecule has 0 saturated carbocycles. The molecule has 8 heteroatoms. The van der Waals surface area contributed by atoms with E-state index in [0.717, 1.165) is 11.1 Å². The average molecular weight is 471 g/mol. The van der Waals surface area contributed by atoms with Crippen LogP contribution < -0.4 is 10.2 Å². The van der Waals surface area contributed by atoms with Crippen LogP contribution in [0.2, 0.25) is 5.02 Å². The van der Waals surface area contributed by atoms with Gasteiger partial charge in [0.15, 0.2) is 0 Å². The summed E-state index contributed by atoms with van der Waals surface area (Å²) >= 11 is 6.01. The van der Waals surface area contributed by atoms with Crippen molar-refractivity contribution in [2.45, 2.75) is 12.1 Å². The lowest BCUT2D eigenvalue weighted by atomic mass is 9.85. The zero-order chi connectivity index (χ0) is 23.4. The second kappa shape index (κ2) is 7.81. The molecule has 2 saturated heterocycles. The summed E-state index contributed by atoms with van der Waals surface area (Å²) in [6.45, 7) is 0. The zero-order valence-electron chi connectivity index (χ0n) is 17.8. The van der Waals surface area contributed by atoms with Gasteiger partial charge in [0, 0.05) is 10.7 Å². The maximum atomic E-state index is 13.7. The van der Waals surface area contributed by atoms with Gasteiger partial charge >= 0.3 is 0 Å². The number of para-hydroxylation sites is 1. The summed E-state index contributed by atoms with van der Waals surface area (Å²) in [5, 5.41) is 9.58. The molecule has 0 aromatic heterocycles. The maximum absolute atomic E-state index is 13.7. The van der Waals surface area contributed by atoms with Crippen LogP contribution in [0, 0.1) is 11.8 Å². The smallest absolute Gasteiger partial charge is 0.249 e. The van der Waals surface area contributed by atoms with Crippen LogP contribution in [0.4, 0.5) is 11.4 Å². The predicted molar refractivity (Wildman–Crippen MR) is 128 cm³/mol. The van der Waals surface area contributed by atoms with Crippen molar-refractivity contribution in [1.29, 1.82) is 0 Å². The van der Waals surface area contributed by atoms with Gasteiger partial charge in [-0.15, -0.1) is 0 Å². The van der Waals surface area contributed by atoms with Gasteiger partial charge in [-0.3, -0.25) is 19.4 Å². The molecule has 3 aromatic rings. The monoisotopic (exact) mass is 470 g/mol. The number of anilines is 2. The number of imide groups is 1. The number of nitrogens with one attached hydrogen (secondary N) is 1. The number of carbonyl (C=O) groups excluding carboxylic acids is 3. The highest BCUT2D eigenvalue weighted by Gasteiger charge is 2.65. The second-order valence-electron chi connectivity index (χ2n) is 8.54. The highest BCUT2D eigenvalue weighted by molar-refractivity contribution is 6.31. The fourth-order valence-electron chi connectivity index (χ4n) is 5.25. The third kappa shape index (κ3) is 3.04. The minimum Gasteiger partial charge on any atom is -0.324 e. The van der Waals surface area contributed by atoms with Crippen molar-refractivity contribution >= 4 is 46.9 Å². The normalized spacial score (nSPS) is 24.6. The highest BCUT2D eigenvalue weighted by atomic mass is 35.5. The first kappa shape index (κ1) is 20.6. The van der Waals surface area contributed by atoms with Gasteiger partial charge < -0.3 is 5.32 Å². The van der Waals surface area contributed by atoms with Gasteiger partial charge in [0.2, 0.25) is 17.7 Å². The Bertz CT molecular complexity index is 1340. The Hall–Kier alpha value is -3.97. The van der Waals surface area contributed by atoms with E-state index in [4.69, 9.17) is 11.6 Å². The van der Waals surface area contributed by atoms with Crippen molar-refractivity contribution in [1.82, 2.24) is 5.01 Å². The van der Waals surface area contributed by atoms with E-state index in [0.29, 0.717) is 16.4 Å². The zero-order valence-corrected chi connectivity index (χ0v) is 18.6. The quantitative estimate of drug-likeness (QED) is 0.589. The summed E-state index contributed by atoms with van der Waals surface area (Å²) in [5.41, 5.74) is 2.80. The van der Waals surface area contributed by atoms with Crippen LogP contribution in [0.25, 0.3) is 0 Å². The van der Waals surface area contributed by atoms with Crippen molar-refractivity contribution in [3.63, 3.8) is 0 Å². The largest absolute Gasteiger partial charge is 0.324 e. The summed E-state index contributed by atoms with van der Waals surface area (Å²) in [6, 6.07) is 21.8. The van der Waals surface area contributed by atoms with Gasteiger partial charge in [0.05, 0.1) is 29.8 Å². The Morgan fingerprint density at radius 1 is 0.853 bits per heavy atom. The molecule has 4 atom stereocenters. The van der Waals surface area contributed by atoms with Crippen LogP contribution >= 0.6 is 11.6 Å². The maximum Gasteiger partial charge on any atom is 0.249 e. The Balaban J connectivity index is 1.45. The first-order valence-corrected chi connectivity index (χ1v) is 11.3. The van der Waals surface area contributed by atoms with Gasteiger partial charge in [-0.05, 0) is 47.5 Å². The van der Waals surface area contributed by atoms with Crippen LogP contribution in [0.1, 0.15) is 17.2 Å². The van der Waals surface area contributed by atoms with E-state index in [1.165, 1.54) is 4.90 Å². The second-order valence-corrected chi connectivity index (χ2v) is 8.97. The number of nitrogens with zero attached hydrogens (tertiary/aromatic N) is 3. The number of carbonyl (C=O) groups is 3. The molecule has 0 bridgehead atoms. The van der Waals surface area contributed by atoms with Gasteiger partial charge in [-0.1, -0.05) is 54.1 Å². The average Bonchev–Trinajstić information content (AvgIpc) is 3.33. The van der Waals surface area contributed by atoms with E-state index in [-0.39, 0.29) is 11.8 Å². The third-order valence-electron chi connectivity index (χ3n) is 6.69. The van der Waals surface area contributed by atoms with Crippen molar-refractivity contribution < 1.29 is 14.4 Å². The SMILES string of the molecule is O=C(Nc1ccccc1)C1C2C(=O)N(c3ccc(Cl)cc3)C(=O)C2C2c3ccccc3C=NN12. The van der Waals surface area contributed by atoms with E-state index < -0.39 is 29.8 Å². The minimum atomic E-state index is -0.937. The molecule has 0 spiro atoms. The summed E-state index contributed by atoms with van der Waals surface area (Å²) < 4.78 is 0. The fraction of sp³-hybridized carbons (Fsp3) is 0.154. The van der Waals surface area contributed by atoms with Crippen LogP contribution in [0.3, 0.4) is 0 Å². The van der Waals surface area contributed by atoms with Crippen molar-refractivity contribution in [3.8, 4) is 0 Å². The molecular formula is C26H19ClN4O3.